The van der Waals surface area contributed by atoms with Gasteiger partial charge in [0.25, 0.3) is 0 Å². The number of aryl methyl sites for hydroxylation is 4. The van der Waals surface area contributed by atoms with Gasteiger partial charge in [-0.1, -0.05) is 14.9 Å². The molecule has 0 radical (unpaired) electrons. The smallest absolute Gasteiger partial charge is 0.101 e. The molecule has 0 saturated heterocycles. The molecule has 2 aromatic rings. The third-order valence-corrected chi connectivity index (χ3v) is 2.67. The van der Waals surface area contributed by atoms with Crippen LogP contribution in [-0.2, 0) is 0 Å². The van der Waals surface area contributed by atoms with Crippen LogP contribution >= 0.6 is 11.3 Å². The highest BCUT2D eigenvalue weighted by Gasteiger charge is 1.85. The lowest BCUT2D eigenvalue weighted by atomic mass is 10.5. The summed E-state index contributed by atoms with van der Waals surface area (Å²) in [6, 6.07) is 8.19. The first kappa shape index (κ1) is 17.4. The number of hydrogen-bond donors (Lipinski definition) is 0. The summed E-state index contributed by atoms with van der Waals surface area (Å²) in [5.41, 5.74) is 0. The minimum atomic E-state index is 0. The van der Waals surface area contributed by atoms with Gasteiger partial charge in [-0.25, -0.2) is 0 Å². The van der Waals surface area contributed by atoms with Crippen molar-refractivity contribution in [3.05, 3.63) is 45.5 Å². The van der Waals surface area contributed by atoms with Crippen LogP contribution in [0.4, 0.5) is 0 Å². The summed E-state index contributed by atoms with van der Waals surface area (Å²) in [6.07, 6.45) is 0. The van der Waals surface area contributed by atoms with E-state index >= 15 is 0 Å². The molecule has 2 heterocycles. The van der Waals surface area contributed by atoms with E-state index in [4.69, 9.17) is 4.42 Å². The van der Waals surface area contributed by atoms with E-state index in [1.54, 1.807) is 0 Å². The molecule has 2 heteroatoms. The van der Waals surface area contributed by atoms with E-state index in [1.165, 1.54) is 9.75 Å². The minimum Gasteiger partial charge on any atom is -0.467 e. The predicted octanol–water partition coefficient (Wildman–Crippen LogP) is 5.53. The lowest BCUT2D eigenvalue weighted by Gasteiger charge is -1.76. The molecule has 0 aliphatic rings. The van der Waals surface area contributed by atoms with Crippen LogP contribution in [0, 0.1) is 27.7 Å². The number of hydrogen-bond acceptors (Lipinski definition) is 2. The Kier molecular flexibility index (Phi) is 8.87. The van der Waals surface area contributed by atoms with Gasteiger partial charge in [0.05, 0.1) is 0 Å². The summed E-state index contributed by atoms with van der Waals surface area (Å²) < 4.78 is 5.08. The molecule has 92 valence electrons. The topological polar surface area (TPSA) is 13.1 Å². The summed E-state index contributed by atoms with van der Waals surface area (Å²) in [4.78, 5) is 2.80. The molecule has 1 nitrogen and oxygen atoms in total. The van der Waals surface area contributed by atoms with E-state index in [2.05, 4.69) is 26.0 Å². The van der Waals surface area contributed by atoms with Crippen molar-refractivity contribution in [2.24, 2.45) is 0 Å². The highest BCUT2D eigenvalue weighted by Crippen LogP contribution is 2.12. The van der Waals surface area contributed by atoms with Gasteiger partial charge in [0.15, 0.2) is 0 Å². The van der Waals surface area contributed by atoms with Crippen LogP contribution in [0.2, 0.25) is 0 Å². The molecule has 0 amide bonds. The van der Waals surface area contributed by atoms with Gasteiger partial charge < -0.3 is 4.42 Å². The maximum Gasteiger partial charge on any atom is 0.101 e. The van der Waals surface area contributed by atoms with E-state index in [-0.39, 0.29) is 14.9 Å². The zero-order valence-corrected chi connectivity index (χ0v) is 9.94. The Balaban J connectivity index is 0. The van der Waals surface area contributed by atoms with Gasteiger partial charge in [0.1, 0.15) is 11.5 Å². The van der Waals surface area contributed by atoms with Gasteiger partial charge in [-0.15, -0.1) is 11.3 Å². The monoisotopic (exact) mass is 240 g/mol. The zero-order valence-electron chi connectivity index (χ0n) is 9.13. The van der Waals surface area contributed by atoms with E-state index < -0.39 is 0 Å². The van der Waals surface area contributed by atoms with Crippen LogP contribution < -0.4 is 0 Å². The van der Waals surface area contributed by atoms with Crippen LogP contribution in [0.25, 0.3) is 0 Å². The summed E-state index contributed by atoms with van der Waals surface area (Å²) in [5, 5.41) is 0. The van der Waals surface area contributed by atoms with Crippen molar-refractivity contribution in [2.45, 2.75) is 42.5 Å². The van der Waals surface area contributed by atoms with Crippen molar-refractivity contribution in [3.8, 4) is 0 Å². The second-order valence-corrected chi connectivity index (χ2v) is 4.81. The van der Waals surface area contributed by atoms with E-state index in [1.807, 2.05) is 37.3 Å². The lowest BCUT2D eigenvalue weighted by Crippen LogP contribution is -1.53. The standard InChI is InChI=1S/C6H8O.C6H8S.2CH4/c2*1-5-3-4-6(2)7-5;;/h2*3-4H,1-2H3;2*1H4. The predicted molar refractivity (Wildman–Crippen MR) is 75.4 cm³/mol. The Labute approximate surface area is 104 Å². The van der Waals surface area contributed by atoms with Gasteiger partial charge in [-0.05, 0) is 52.0 Å². The summed E-state index contributed by atoms with van der Waals surface area (Å²) in [6.45, 7) is 8.12. The summed E-state index contributed by atoms with van der Waals surface area (Å²) in [5.74, 6) is 1.97. The first-order valence-corrected chi connectivity index (χ1v) is 5.45. The molecule has 0 saturated carbocycles. The molecular weight excluding hydrogens is 216 g/mol. The Morgan fingerprint density at radius 2 is 1.12 bits per heavy atom. The van der Waals surface area contributed by atoms with Gasteiger partial charge in [-0.3, -0.25) is 0 Å². The zero-order chi connectivity index (χ0) is 10.6. The largest absolute Gasteiger partial charge is 0.467 e. The average molecular weight is 240 g/mol. The summed E-state index contributed by atoms with van der Waals surface area (Å²) >= 11 is 1.84. The highest BCUT2D eigenvalue weighted by molar-refractivity contribution is 7.11. The van der Waals surface area contributed by atoms with Crippen molar-refractivity contribution in [3.63, 3.8) is 0 Å². The number of rotatable bonds is 0. The van der Waals surface area contributed by atoms with Gasteiger partial charge in [0.2, 0.25) is 0 Å². The molecule has 2 aromatic heterocycles. The molecule has 0 unspecified atom stereocenters. The van der Waals surface area contributed by atoms with E-state index in [0.29, 0.717) is 0 Å². The lowest BCUT2D eigenvalue weighted by molar-refractivity contribution is 0.504. The Hall–Kier alpha value is -1.02. The number of furan rings is 1. The van der Waals surface area contributed by atoms with Gasteiger partial charge in [0, 0.05) is 9.75 Å². The first-order chi connectivity index (χ1) is 6.58. The molecule has 0 aliphatic heterocycles. The van der Waals surface area contributed by atoms with Crippen LogP contribution in [0.15, 0.2) is 28.7 Å². The van der Waals surface area contributed by atoms with Crippen LogP contribution in [0.3, 0.4) is 0 Å². The third kappa shape index (κ3) is 6.46. The Morgan fingerprint density at radius 1 is 0.750 bits per heavy atom. The van der Waals surface area contributed by atoms with Crippen LogP contribution in [0.1, 0.15) is 36.1 Å². The second kappa shape index (κ2) is 8.17. The average Bonchev–Trinajstić information content (AvgIpc) is 2.63. The second-order valence-electron chi connectivity index (χ2n) is 3.31. The Morgan fingerprint density at radius 3 is 1.25 bits per heavy atom. The molecule has 0 atom stereocenters. The molecular formula is C14H24OS. The van der Waals surface area contributed by atoms with Crippen molar-refractivity contribution in [1.29, 1.82) is 0 Å². The van der Waals surface area contributed by atoms with Crippen LogP contribution in [0.5, 0.6) is 0 Å². The van der Waals surface area contributed by atoms with Crippen molar-refractivity contribution < 1.29 is 4.42 Å². The maximum atomic E-state index is 5.08. The molecule has 0 aromatic carbocycles. The molecule has 0 N–H and O–H groups in total. The SMILES string of the molecule is C.C.Cc1ccc(C)o1.Cc1ccc(C)s1. The normalized spacial score (nSPS) is 8.25. The summed E-state index contributed by atoms with van der Waals surface area (Å²) in [7, 11) is 0. The van der Waals surface area contributed by atoms with Gasteiger partial charge >= 0.3 is 0 Å². The molecule has 0 fully saturated rings. The van der Waals surface area contributed by atoms with Crippen molar-refractivity contribution in [1.82, 2.24) is 0 Å². The fraction of sp³-hybridized carbons (Fsp3) is 0.429. The van der Waals surface area contributed by atoms with Gasteiger partial charge in [-0.2, -0.15) is 0 Å². The van der Waals surface area contributed by atoms with E-state index in [0.717, 1.165) is 11.5 Å². The first-order valence-electron chi connectivity index (χ1n) is 4.64. The fourth-order valence-corrected chi connectivity index (χ4v) is 1.89. The molecule has 0 bridgehead atoms. The Bertz CT molecular complexity index is 314. The minimum absolute atomic E-state index is 0. The van der Waals surface area contributed by atoms with E-state index in [9.17, 15) is 0 Å². The third-order valence-electron chi connectivity index (χ3n) is 1.75. The van der Waals surface area contributed by atoms with Crippen molar-refractivity contribution >= 4 is 11.3 Å². The molecule has 0 spiro atoms. The molecule has 2 rings (SSSR count). The highest BCUT2D eigenvalue weighted by atomic mass is 32.1. The fourth-order valence-electron chi connectivity index (χ4n) is 1.11. The maximum absolute atomic E-state index is 5.08. The van der Waals surface area contributed by atoms with Crippen LogP contribution in [-0.4, -0.2) is 0 Å². The molecule has 16 heavy (non-hydrogen) atoms. The number of thiophene rings is 1. The molecule has 0 aliphatic carbocycles. The quantitative estimate of drug-likeness (QED) is 0.590. The van der Waals surface area contributed by atoms with Crippen molar-refractivity contribution in [2.75, 3.05) is 0 Å².